The van der Waals surface area contributed by atoms with Gasteiger partial charge in [0.25, 0.3) is 0 Å². The van der Waals surface area contributed by atoms with Crippen molar-refractivity contribution < 1.29 is 9.50 Å². The summed E-state index contributed by atoms with van der Waals surface area (Å²) in [6, 6.07) is 3.49. The van der Waals surface area contributed by atoms with E-state index in [0.717, 1.165) is 12.8 Å². The van der Waals surface area contributed by atoms with Crippen LogP contribution in [0.15, 0.2) is 18.3 Å². The fourth-order valence-corrected chi connectivity index (χ4v) is 2.52. The molecule has 0 aliphatic heterocycles. The molecule has 1 aromatic rings. The molecular weight excluding hydrogens is 207 g/mol. The van der Waals surface area contributed by atoms with Crippen molar-refractivity contribution in [2.24, 2.45) is 5.73 Å². The normalized spacial score (nSPS) is 30.3. The van der Waals surface area contributed by atoms with Gasteiger partial charge >= 0.3 is 0 Å². The Kier molecular flexibility index (Phi) is 3.21. The lowest BCUT2D eigenvalue weighted by atomic mass is 9.69. The summed E-state index contributed by atoms with van der Waals surface area (Å²) in [6.45, 7) is 0.405. The number of halogens is 1. The van der Waals surface area contributed by atoms with Crippen molar-refractivity contribution in [3.63, 3.8) is 0 Å². The summed E-state index contributed by atoms with van der Waals surface area (Å²) < 4.78 is 13.7. The van der Waals surface area contributed by atoms with Crippen LogP contribution in [0.4, 0.5) is 4.39 Å². The van der Waals surface area contributed by atoms with Gasteiger partial charge in [0.05, 0.1) is 6.10 Å². The molecule has 0 radical (unpaired) electrons. The maximum atomic E-state index is 13.7. The molecule has 1 saturated carbocycles. The van der Waals surface area contributed by atoms with Crippen molar-refractivity contribution >= 4 is 0 Å². The zero-order valence-electron chi connectivity index (χ0n) is 9.19. The van der Waals surface area contributed by atoms with E-state index in [1.54, 1.807) is 12.1 Å². The van der Waals surface area contributed by atoms with Gasteiger partial charge in [0.15, 0.2) is 0 Å². The third-order valence-corrected chi connectivity index (χ3v) is 3.63. The first-order chi connectivity index (χ1) is 7.68. The SMILES string of the molecule is NCC1(c2cccnc2F)CCC(O)CC1. The fourth-order valence-electron chi connectivity index (χ4n) is 2.52. The molecule has 1 aliphatic carbocycles. The van der Waals surface area contributed by atoms with Crippen LogP contribution in [0.1, 0.15) is 31.2 Å². The van der Waals surface area contributed by atoms with Crippen LogP contribution in [0.5, 0.6) is 0 Å². The zero-order valence-corrected chi connectivity index (χ0v) is 9.19. The van der Waals surface area contributed by atoms with Crippen LogP contribution < -0.4 is 5.73 Å². The number of rotatable bonds is 2. The molecule has 3 N–H and O–H groups in total. The van der Waals surface area contributed by atoms with Gasteiger partial charge in [-0.15, -0.1) is 0 Å². The van der Waals surface area contributed by atoms with Gasteiger partial charge in [0.1, 0.15) is 0 Å². The lowest BCUT2D eigenvalue weighted by Crippen LogP contribution is -2.41. The monoisotopic (exact) mass is 224 g/mol. The molecule has 3 nitrogen and oxygen atoms in total. The molecule has 1 aromatic heterocycles. The van der Waals surface area contributed by atoms with Crippen molar-refractivity contribution in [2.75, 3.05) is 6.54 Å². The lowest BCUT2D eigenvalue weighted by Gasteiger charge is -2.38. The van der Waals surface area contributed by atoms with Crippen LogP contribution in [-0.2, 0) is 5.41 Å². The number of nitrogens with zero attached hydrogens (tertiary/aromatic N) is 1. The van der Waals surface area contributed by atoms with Gasteiger partial charge in [0, 0.05) is 23.7 Å². The Morgan fingerprint density at radius 1 is 1.50 bits per heavy atom. The molecule has 2 rings (SSSR count). The smallest absolute Gasteiger partial charge is 0.216 e. The van der Waals surface area contributed by atoms with Gasteiger partial charge in [-0.1, -0.05) is 6.07 Å². The highest BCUT2D eigenvalue weighted by Gasteiger charge is 2.37. The van der Waals surface area contributed by atoms with Crippen LogP contribution in [0.25, 0.3) is 0 Å². The van der Waals surface area contributed by atoms with E-state index in [1.165, 1.54) is 6.20 Å². The second-order valence-corrected chi connectivity index (χ2v) is 4.56. The minimum absolute atomic E-state index is 0.264. The number of hydrogen-bond donors (Lipinski definition) is 2. The molecule has 1 aliphatic rings. The highest BCUT2D eigenvalue weighted by molar-refractivity contribution is 5.25. The number of aromatic nitrogens is 1. The van der Waals surface area contributed by atoms with Gasteiger partial charge in [-0.05, 0) is 31.7 Å². The Bertz CT molecular complexity index is 362. The quantitative estimate of drug-likeness (QED) is 0.745. The van der Waals surface area contributed by atoms with Crippen molar-refractivity contribution in [2.45, 2.75) is 37.2 Å². The Labute approximate surface area is 94.5 Å². The minimum atomic E-state index is -0.427. The van der Waals surface area contributed by atoms with Crippen molar-refractivity contribution in [1.29, 1.82) is 0 Å². The fraction of sp³-hybridized carbons (Fsp3) is 0.583. The molecule has 0 saturated heterocycles. The number of aliphatic hydroxyl groups is 1. The van der Waals surface area contributed by atoms with Crippen LogP contribution in [0.3, 0.4) is 0 Å². The minimum Gasteiger partial charge on any atom is -0.393 e. The number of aliphatic hydroxyl groups excluding tert-OH is 1. The first kappa shape index (κ1) is 11.5. The van der Waals surface area contributed by atoms with Crippen LogP contribution in [0, 0.1) is 5.95 Å². The van der Waals surface area contributed by atoms with Gasteiger partial charge in [-0.25, -0.2) is 4.98 Å². The van der Waals surface area contributed by atoms with Gasteiger partial charge in [-0.3, -0.25) is 0 Å². The van der Waals surface area contributed by atoms with E-state index in [9.17, 15) is 9.50 Å². The average molecular weight is 224 g/mol. The Balaban J connectivity index is 2.32. The summed E-state index contributed by atoms with van der Waals surface area (Å²) >= 11 is 0. The van der Waals surface area contributed by atoms with Crippen molar-refractivity contribution in [1.82, 2.24) is 4.98 Å². The summed E-state index contributed by atoms with van der Waals surface area (Å²) in [5.74, 6) is -0.427. The maximum Gasteiger partial charge on any atom is 0.216 e. The third kappa shape index (κ3) is 1.95. The van der Waals surface area contributed by atoms with E-state index < -0.39 is 5.95 Å². The van der Waals surface area contributed by atoms with Crippen LogP contribution in [0.2, 0.25) is 0 Å². The summed E-state index contributed by atoms with van der Waals surface area (Å²) in [5.41, 5.74) is 6.07. The van der Waals surface area contributed by atoms with Crippen LogP contribution in [-0.4, -0.2) is 22.7 Å². The van der Waals surface area contributed by atoms with E-state index in [2.05, 4.69) is 4.98 Å². The molecule has 0 aromatic carbocycles. The Morgan fingerprint density at radius 3 is 2.75 bits per heavy atom. The molecule has 0 amide bonds. The predicted octanol–water partition coefficient (Wildman–Crippen LogP) is 1.35. The standard InChI is InChI=1S/C12H17FN2O/c13-11-10(2-1-7-15-11)12(8-14)5-3-9(16)4-6-12/h1-2,7,9,16H,3-6,8,14H2. The second-order valence-electron chi connectivity index (χ2n) is 4.56. The number of hydrogen-bond acceptors (Lipinski definition) is 3. The first-order valence-corrected chi connectivity index (χ1v) is 5.67. The number of nitrogens with two attached hydrogens (primary N) is 1. The van der Waals surface area contributed by atoms with Crippen molar-refractivity contribution in [3.05, 3.63) is 29.8 Å². The Hall–Kier alpha value is -1.00. The topological polar surface area (TPSA) is 59.1 Å². The highest BCUT2D eigenvalue weighted by atomic mass is 19.1. The molecular formula is C12H17FN2O. The molecule has 16 heavy (non-hydrogen) atoms. The van der Waals surface area contributed by atoms with Crippen LogP contribution >= 0.6 is 0 Å². The molecule has 0 atom stereocenters. The van der Waals surface area contributed by atoms with E-state index in [-0.39, 0.29) is 11.5 Å². The summed E-state index contributed by atoms with van der Waals surface area (Å²) in [5, 5.41) is 9.50. The largest absolute Gasteiger partial charge is 0.393 e. The summed E-state index contributed by atoms with van der Waals surface area (Å²) in [6.07, 6.45) is 4.01. The molecule has 4 heteroatoms. The van der Waals surface area contributed by atoms with Gasteiger partial charge in [0.2, 0.25) is 5.95 Å². The summed E-state index contributed by atoms with van der Waals surface area (Å²) in [7, 11) is 0. The summed E-state index contributed by atoms with van der Waals surface area (Å²) in [4.78, 5) is 3.68. The maximum absolute atomic E-state index is 13.7. The lowest BCUT2D eigenvalue weighted by molar-refractivity contribution is 0.0960. The predicted molar refractivity (Wildman–Crippen MR) is 59.4 cm³/mol. The van der Waals surface area contributed by atoms with E-state index in [4.69, 9.17) is 5.73 Å². The molecule has 88 valence electrons. The molecule has 0 spiro atoms. The molecule has 1 heterocycles. The number of pyridine rings is 1. The van der Waals surface area contributed by atoms with E-state index in [1.807, 2.05) is 0 Å². The molecule has 0 bridgehead atoms. The van der Waals surface area contributed by atoms with Crippen molar-refractivity contribution in [3.8, 4) is 0 Å². The Morgan fingerprint density at radius 2 is 2.19 bits per heavy atom. The first-order valence-electron chi connectivity index (χ1n) is 5.67. The third-order valence-electron chi connectivity index (χ3n) is 3.63. The van der Waals surface area contributed by atoms with Gasteiger partial charge in [-0.2, -0.15) is 4.39 Å². The van der Waals surface area contributed by atoms with E-state index in [0.29, 0.717) is 24.9 Å². The van der Waals surface area contributed by atoms with Gasteiger partial charge < -0.3 is 10.8 Å². The average Bonchev–Trinajstić information content (AvgIpc) is 2.32. The second kappa shape index (κ2) is 4.47. The molecule has 0 unspecified atom stereocenters. The highest BCUT2D eigenvalue weighted by Crippen LogP contribution is 2.39. The molecule has 1 fully saturated rings. The zero-order chi connectivity index (χ0) is 11.6. The van der Waals surface area contributed by atoms with E-state index >= 15 is 0 Å².